The molecule has 0 aromatic rings. The first-order valence-corrected chi connectivity index (χ1v) is 8.87. The number of hydrogen-bond acceptors (Lipinski definition) is 3. The first-order valence-electron chi connectivity index (χ1n) is 7.30. The van der Waals surface area contributed by atoms with Gasteiger partial charge in [-0.05, 0) is 30.6 Å². The van der Waals surface area contributed by atoms with Gasteiger partial charge in [0, 0.05) is 40.0 Å². The number of rotatable bonds is 6. The fourth-order valence-electron chi connectivity index (χ4n) is 2.36. The molecule has 2 rings (SSSR count). The maximum Gasteiger partial charge on any atom is 0.100 e. The molecule has 126 valence electrons. The van der Waals surface area contributed by atoms with Crippen LogP contribution in [0.2, 0.25) is 0 Å². The third-order valence-electron chi connectivity index (χ3n) is 3.48. The van der Waals surface area contributed by atoms with E-state index >= 15 is 0 Å². The van der Waals surface area contributed by atoms with Gasteiger partial charge in [-0.2, -0.15) is 0 Å². The Balaban J connectivity index is 1.70. The molecular formula is C16H18Cl4N2O. The van der Waals surface area contributed by atoms with Gasteiger partial charge in [-0.25, -0.2) is 0 Å². The zero-order valence-electron chi connectivity index (χ0n) is 12.4. The number of hydrogen-bond donors (Lipinski definition) is 2. The van der Waals surface area contributed by atoms with Crippen LogP contribution in [-0.4, -0.2) is 42.4 Å². The van der Waals surface area contributed by atoms with Gasteiger partial charge in [-0.1, -0.05) is 40.9 Å². The van der Waals surface area contributed by atoms with Crippen molar-refractivity contribution in [1.29, 1.82) is 0 Å². The highest BCUT2D eigenvalue weighted by atomic mass is 35.5. The third kappa shape index (κ3) is 6.26. The van der Waals surface area contributed by atoms with Gasteiger partial charge in [-0.15, -0.1) is 11.6 Å². The number of allylic oxidation sites excluding steroid dienone is 5. The maximum absolute atomic E-state index is 9.93. The summed E-state index contributed by atoms with van der Waals surface area (Å²) in [4.78, 5) is 4.29. The SMILES string of the molecule is OC1C(C=NCCNCC2C=C(Cl)C=C(Cl)C2)=CC(Cl)=CC1Cl. The van der Waals surface area contributed by atoms with Crippen LogP contribution in [0, 0.1) is 5.92 Å². The molecule has 0 radical (unpaired) electrons. The van der Waals surface area contributed by atoms with Gasteiger partial charge in [0.05, 0.1) is 11.9 Å². The van der Waals surface area contributed by atoms with Crippen LogP contribution in [0.4, 0.5) is 0 Å². The van der Waals surface area contributed by atoms with Crippen LogP contribution < -0.4 is 5.32 Å². The van der Waals surface area contributed by atoms with E-state index in [4.69, 9.17) is 46.4 Å². The van der Waals surface area contributed by atoms with Crippen LogP contribution in [0.15, 0.2) is 50.0 Å². The fourth-order valence-corrected chi connectivity index (χ4v) is 3.65. The van der Waals surface area contributed by atoms with E-state index in [1.807, 2.05) is 6.08 Å². The predicted molar refractivity (Wildman–Crippen MR) is 99.9 cm³/mol. The van der Waals surface area contributed by atoms with Crippen LogP contribution in [0.5, 0.6) is 0 Å². The molecule has 3 unspecified atom stereocenters. The highest BCUT2D eigenvalue weighted by Crippen LogP contribution is 2.26. The number of nitrogens with zero attached hydrogens (tertiary/aromatic N) is 1. The molecule has 0 aromatic heterocycles. The molecule has 0 amide bonds. The highest BCUT2D eigenvalue weighted by molar-refractivity contribution is 6.35. The molecule has 0 fully saturated rings. The minimum atomic E-state index is -0.778. The number of aliphatic hydroxyl groups excluding tert-OH is 1. The van der Waals surface area contributed by atoms with Crippen molar-refractivity contribution in [1.82, 2.24) is 5.32 Å². The maximum atomic E-state index is 9.93. The van der Waals surface area contributed by atoms with E-state index < -0.39 is 11.5 Å². The van der Waals surface area contributed by atoms with E-state index in [9.17, 15) is 5.11 Å². The number of halogens is 4. The Bertz CT molecular complexity index is 581. The zero-order valence-corrected chi connectivity index (χ0v) is 15.4. The van der Waals surface area contributed by atoms with E-state index in [2.05, 4.69) is 10.3 Å². The van der Waals surface area contributed by atoms with Gasteiger partial charge in [0.2, 0.25) is 0 Å². The molecule has 2 N–H and O–H groups in total. The summed E-state index contributed by atoms with van der Waals surface area (Å²) in [5, 5.41) is 14.7. The smallest absolute Gasteiger partial charge is 0.100 e. The van der Waals surface area contributed by atoms with Crippen molar-refractivity contribution < 1.29 is 5.11 Å². The minimum absolute atomic E-state index is 0.299. The number of aliphatic imine (C=N–C) groups is 1. The van der Waals surface area contributed by atoms with E-state index in [0.29, 0.717) is 28.1 Å². The van der Waals surface area contributed by atoms with Crippen LogP contribution in [0.3, 0.4) is 0 Å². The normalized spacial score (nSPS) is 28.3. The summed E-state index contributed by atoms with van der Waals surface area (Å²) < 4.78 is 0. The molecule has 3 atom stereocenters. The molecule has 0 spiro atoms. The van der Waals surface area contributed by atoms with Crippen molar-refractivity contribution >= 4 is 52.6 Å². The van der Waals surface area contributed by atoms with Gasteiger partial charge in [0.1, 0.15) is 6.10 Å². The molecule has 23 heavy (non-hydrogen) atoms. The summed E-state index contributed by atoms with van der Waals surface area (Å²) >= 11 is 23.9. The lowest BCUT2D eigenvalue weighted by Crippen LogP contribution is -2.26. The average molecular weight is 396 g/mol. The molecule has 0 bridgehead atoms. The van der Waals surface area contributed by atoms with Gasteiger partial charge in [-0.3, -0.25) is 4.99 Å². The molecule has 2 aliphatic carbocycles. The molecule has 0 aromatic carbocycles. The van der Waals surface area contributed by atoms with E-state index in [-0.39, 0.29) is 0 Å². The monoisotopic (exact) mass is 394 g/mol. The van der Waals surface area contributed by atoms with Gasteiger partial charge in [0.25, 0.3) is 0 Å². The van der Waals surface area contributed by atoms with Gasteiger partial charge < -0.3 is 10.4 Å². The quantitative estimate of drug-likeness (QED) is 0.406. The Kier molecular flexibility index (Phi) is 7.67. The summed E-state index contributed by atoms with van der Waals surface area (Å²) in [5.74, 6) is 0.299. The second kappa shape index (κ2) is 9.26. The summed E-state index contributed by atoms with van der Waals surface area (Å²) in [6.07, 6.45) is 8.70. The minimum Gasteiger partial charge on any atom is -0.386 e. The Morgan fingerprint density at radius 3 is 2.70 bits per heavy atom. The van der Waals surface area contributed by atoms with Crippen molar-refractivity contribution in [2.45, 2.75) is 17.9 Å². The summed E-state index contributed by atoms with van der Waals surface area (Å²) in [6, 6.07) is 0. The molecule has 0 heterocycles. The van der Waals surface area contributed by atoms with Crippen molar-refractivity contribution in [3.05, 3.63) is 45.0 Å². The van der Waals surface area contributed by atoms with Crippen LogP contribution in [0.25, 0.3) is 0 Å². The summed E-state index contributed by atoms with van der Waals surface area (Å²) in [5.41, 5.74) is 0.622. The number of aliphatic hydroxyl groups is 1. The van der Waals surface area contributed by atoms with E-state index in [1.165, 1.54) is 0 Å². The Morgan fingerprint density at radius 2 is 1.96 bits per heavy atom. The van der Waals surface area contributed by atoms with Crippen molar-refractivity contribution in [2.75, 3.05) is 19.6 Å². The van der Waals surface area contributed by atoms with E-state index in [0.717, 1.165) is 24.5 Å². The second-order valence-corrected chi connectivity index (χ2v) is 7.29. The van der Waals surface area contributed by atoms with Crippen LogP contribution >= 0.6 is 46.4 Å². The second-order valence-electron chi connectivity index (χ2n) is 5.43. The Hall–Kier alpha value is -0.290. The topological polar surface area (TPSA) is 44.6 Å². The largest absolute Gasteiger partial charge is 0.386 e. The average Bonchev–Trinajstić information content (AvgIpc) is 2.46. The Morgan fingerprint density at radius 1 is 1.22 bits per heavy atom. The van der Waals surface area contributed by atoms with Gasteiger partial charge in [0.15, 0.2) is 0 Å². The molecule has 0 aliphatic heterocycles. The van der Waals surface area contributed by atoms with Crippen molar-refractivity contribution in [2.24, 2.45) is 10.9 Å². The van der Waals surface area contributed by atoms with Crippen molar-refractivity contribution in [3.8, 4) is 0 Å². The van der Waals surface area contributed by atoms with Gasteiger partial charge >= 0.3 is 0 Å². The lowest BCUT2D eigenvalue weighted by atomic mass is 10.0. The summed E-state index contributed by atoms with van der Waals surface area (Å²) in [7, 11) is 0. The van der Waals surface area contributed by atoms with E-state index in [1.54, 1.807) is 24.4 Å². The Labute approximate surface area is 156 Å². The molecule has 2 aliphatic rings. The lowest BCUT2D eigenvalue weighted by molar-refractivity contribution is 0.222. The van der Waals surface area contributed by atoms with Crippen LogP contribution in [-0.2, 0) is 0 Å². The highest BCUT2D eigenvalue weighted by Gasteiger charge is 2.22. The third-order valence-corrected chi connectivity index (χ3v) is 4.58. The molecular weight excluding hydrogens is 378 g/mol. The van der Waals surface area contributed by atoms with Crippen molar-refractivity contribution in [3.63, 3.8) is 0 Å². The molecule has 7 heteroatoms. The number of nitrogens with one attached hydrogen (secondary N) is 1. The standard InChI is InChI=1S/C16H18Cl4N2O/c17-12-3-10(4-13(18)6-12)8-21-1-2-22-9-11-5-14(19)7-15(20)16(11)23/h3,5-7,9-10,15-16,21,23H,1-2,4,8H2. The predicted octanol–water partition coefficient (Wildman–Crippen LogP) is 3.94. The lowest BCUT2D eigenvalue weighted by Gasteiger charge is -2.19. The molecule has 0 saturated carbocycles. The molecule has 3 nitrogen and oxygen atoms in total. The van der Waals surface area contributed by atoms with Crippen LogP contribution in [0.1, 0.15) is 6.42 Å². The summed E-state index contributed by atoms with van der Waals surface area (Å²) in [6.45, 7) is 2.10. The number of alkyl halides is 1. The fraction of sp³-hybridized carbons (Fsp3) is 0.438. The molecule has 0 saturated heterocycles. The zero-order chi connectivity index (χ0) is 16.8. The first-order chi connectivity index (χ1) is 11.0. The first kappa shape index (κ1) is 19.0.